The molecule has 0 radical (unpaired) electrons. The summed E-state index contributed by atoms with van der Waals surface area (Å²) in [5.74, 6) is -0.373. The van der Waals surface area contributed by atoms with Crippen LogP contribution in [0.3, 0.4) is 0 Å². The van der Waals surface area contributed by atoms with Gasteiger partial charge in [-0.05, 0) is 32.9 Å². The van der Waals surface area contributed by atoms with Crippen molar-refractivity contribution in [3.63, 3.8) is 0 Å². The first kappa shape index (κ1) is 15.4. The fourth-order valence-electron chi connectivity index (χ4n) is 1.31. The molecular formula is C13H18F2N2O2. The largest absolute Gasteiger partial charge is 0.433 e. The summed E-state index contributed by atoms with van der Waals surface area (Å²) in [6, 6.07) is 6.07. The van der Waals surface area contributed by atoms with Crippen molar-refractivity contribution in [1.82, 2.24) is 5.32 Å². The van der Waals surface area contributed by atoms with Crippen LogP contribution < -0.4 is 15.4 Å². The van der Waals surface area contributed by atoms with Crippen LogP contribution in [0, 0.1) is 0 Å². The van der Waals surface area contributed by atoms with Gasteiger partial charge in [-0.15, -0.1) is 0 Å². The van der Waals surface area contributed by atoms with Gasteiger partial charge >= 0.3 is 6.61 Å². The third-order valence-corrected chi connectivity index (χ3v) is 2.16. The number of hydrogen-bond donors (Lipinski definition) is 2. The van der Waals surface area contributed by atoms with E-state index in [-0.39, 0.29) is 29.4 Å². The summed E-state index contributed by atoms with van der Waals surface area (Å²) < 4.78 is 28.7. The normalized spacial score (nSPS) is 11.5. The SMILES string of the molecule is CC(C)(C)NCC(=O)Nc1ccccc1OC(F)F. The highest BCUT2D eigenvalue weighted by Crippen LogP contribution is 2.25. The Labute approximate surface area is 111 Å². The van der Waals surface area contributed by atoms with Gasteiger partial charge in [0.25, 0.3) is 0 Å². The minimum atomic E-state index is -2.93. The van der Waals surface area contributed by atoms with E-state index in [4.69, 9.17) is 0 Å². The number of anilines is 1. The molecule has 1 aromatic rings. The highest BCUT2D eigenvalue weighted by Gasteiger charge is 2.14. The molecule has 0 aromatic heterocycles. The Morgan fingerprint density at radius 1 is 1.32 bits per heavy atom. The van der Waals surface area contributed by atoms with E-state index in [9.17, 15) is 13.6 Å². The molecule has 2 N–H and O–H groups in total. The molecule has 0 unspecified atom stereocenters. The minimum absolute atomic E-state index is 0.0541. The number of hydrogen-bond acceptors (Lipinski definition) is 3. The van der Waals surface area contributed by atoms with Gasteiger partial charge in [0.1, 0.15) is 5.75 Å². The third kappa shape index (κ3) is 6.15. The molecule has 0 aliphatic carbocycles. The van der Waals surface area contributed by atoms with Crippen LogP contribution >= 0.6 is 0 Å². The second-order valence-electron chi connectivity index (χ2n) is 5.03. The lowest BCUT2D eigenvalue weighted by atomic mass is 10.1. The van der Waals surface area contributed by atoms with Gasteiger partial charge in [0.05, 0.1) is 12.2 Å². The highest BCUT2D eigenvalue weighted by molar-refractivity contribution is 5.93. The summed E-state index contributed by atoms with van der Waals surface area (Å²) >= 11 is 0. The first-order chi connectivity index (χ1) is 8.78. The molecule has 0 aliphatic rings. The van der Waals surface area contributed by atoms with Crippen LogP contribution in [0.5, 0.6) is 5.75 Å². The third-order valence-electron chi connectivity index (χ3n) is 2.16. The summed E-state index contributed by atoms with van der Waals surface area (Å²) in [6.45, 7) is 2.94. The van der Waals surface area contributed by atoms with Crippen molar-refractivity contribution in [2.75, 3.05) is 11.9 Å². The number of para-hydroxylation sites is 2. The Morgan fingerprint density at radius 3 is 2.53 bits per heavy atom. The monoisotopic (exact) mass is 272 g/mol. The number of amides is 1. The topological polar surface area (TPSA) is 50.4 Å². The van der Waals surface area contributed by atoms with Crippen molar-refractivity contribution in [3.05, 3.63) is 24.3 Å². The molecule has 1 aromatic carbocycles. The molecule has 1 rings (SSSR count). The van der Waals surface area contributed by atoms with Gasteiger partial charge < -0.3 is 15.4 Å². The fraction of sp³-hybridized carbons (Fsp3) is 0.462. The van der Waals surface area contributed by atoms with Crippen LogP contribution in [0.2, 0.25) is 0 Å². The van der Waals surface area contributed by atoms with E-state index in [2.05, 4.69) is 15.4 Å². The first-order valence-corrected chi connectivity index (χ1v) is 5.86. The molecule has 0 bridgehead atoms. The predicted octanol–water partition coefficient (Wildman–Crippen LogP) is 2.61. The van der Waals surface area contributed by atoms with Crippen molar-refractivity contribution in [3.8, 4) is 5.75 Å². The second-order valence-corrected chi connectivity index (χ2v) is 5.03. The first-order valence-electron chi connectivity index (χ1n) is 5.86. The Bertz CT molecular complexity index is 431. The van der Waals surface area contributed by atoms with Crippen LogP contribution in [0.25, 0.3) is 0 Å². The minimum Gasteiger partial charge on any atom is -0.433 e. The van der Waals surface area contributed by atoms with Crippen LogP contribution in [0.15, 0.2) is 24.3 Å². The summed E-state index contributed by atoms with van der Waals surface area (Å²) in [5, 5.41) is 5.53. The summed E-state index contributed by atoms with van der Waals surface area (Å²) in [6.07, 6.45) is 0. The second kappa shape index (κ2) is 6.47. The zero-order valence-electron chi connectivity index (χ0n) is 11.2. The lowest BCUT2D eigenvalue weighted by molar-refractivity contribution is -0.115. The van der Waals surface area contributed by atoms with E-state index in [1.54, 1.807) is 12.1 Å². The van der Waals surface area contributed by atoms with Crippen molar-refractivity contribution in [2.45, 2.75) is 32.9 Å². The van der Waals surface area contributed by atoms with E-state index in [0.717, 1.165) is 0 Å². The van der Waals surface area contributed by atoms with Crippen molar-refractivity contribution in [1.29, 1.82) is 0 Å². The van der Waals surface area contributed by atoms with Crippen molar-refractivity contribution in [2.24, 2.45) is 0 Å². The van der Waals surface area contributed by atoms with Gasteiger partial charge in [0.15, 0.2) is 0 Å². The average Bonchev–Trinajstić information content (AvgIpc) is 2.27. The van der Waals surface area contributed by atoms with Gasteiger partial charge in [-0.25, -0.2) is 0 Å². The van der Waals surface area contributed by atoms with Crippen LogP contribution in [-0.4, -0.2) is 24.6 Å². The number of nitrogens with one attached hydrogen (secondary N) is 2. The van der Waals surface area contributed by atoms with Gasteiger partial charge in [0, 0.05) is 5.54 Å². The fourth-order valence-corrected chi connectivity index (χ4v) is 1.31. The van der Waals surface area contributed by atoms with Crippen LogP contribution in [0.4, 0.5) is 14.5 Å². The van der Waals surface area contributed by atoms with Gasteiger partial charge in [-0.3, -0.25) is 4.79 Å². The molecule has 0 aliphatic heterocycles. The number of alkyl halides is 2. The highest BCUT2D eigenvalue weighted by atomic mass is 19.3. The maximum absolute atomic E-state index is 12.2. The van der Waals surface area contributed by atoms with Gasteiger partial charge in [0.2, 0.25) is 5.91 Å². The Kier molecular flexibility index (Phi) is 5.23. The predicted molar refractivity (Wildman–Crippen MR) is 69.5 cm³/mol. The molecule has 1 amide bonds. The Balaban J connectivity index is 2.63. The van der Waals surface area contributed by atoms with E-state index in [1.807, 2.05) is 20.8 Å². The molecule has 106 valence electrons. The molecule has 6 heteroatoms. The van der Waals surface area contributed by atoms with Gasteiger partial charge in [-0.1, -0.05) is 12.1 Å². The standard InChI is InChI=1S/C13H18F2N2O2/c1-13(2,3)16-8-11(18)17-9-6-4-5-7-10(9)19-12(14)15/h4-7,12,16H,8H2,1-3H3,(H,17,18). The van der Waals surface area contributed by atoms with E-state index in [0.29, 0.717) is 0 Å². The zero-order chi connectivity index (χ0) is 14.5. The molecule has 4 nitrogen and oxygen atoms in total. The molecular weight excluding hydrogens is 254 g/mol. The number of rotatable bonds is 5. The van der Waals surface area contributed by atoms with E-state index >= 15 is 0 Å². The number of carbonyl (C=O) groups excluding carboxylic acids is 1. The number of ether oxygens (including phenoxy) is 1. The number of carbonyl (C=O) groups is 1. The number of halogens is 2. The van der Waals surface area contributed by atoms with Crippen LogP contribution in [-0.2, 0) is 4.79 Å². The van der Waals surface area contributed by atoms with E-state index in [1.165, 1.54) is 12.1 Å². The lowest BCUT2D eigenvalue weighted by Gasteiger charge is -2.20. The summed E-state index contributed by atoms with van der Waals surface area (Å²) in [5.41, 5.74) is 0.0274. The lowest BCUT2D eigenvalue weighted by Crippen LogP contribution is -2.41. The molecule has 0 fully saturated rings. The van der Waals surface area contributed by atoms with Gasteiger partial charge in [-0.2, -0.15) is 8.78 Å². The summed E-state index contributed by atoms with van der Waals surface area (Å²) in [4.78, 5) is 11.7. The van der Waals surface area contributed by atoms with Crippen LogP contribution in [0.1, 0.15) is 20.8 Å². The maximum atomic E-state index is 12.2. The molecule has 0 heterocycles. The molecule has 0 atom stereocenters. The van der Waals surface area contributed by atoms with Crippen molar-refractivity contribution >= 4 is 11.6 Å². The molecule has 19 heavy (non-hydrogen) atoms. The average molecular weight is 272 g/mol. The quantitative estimate of drug-likeness (QED) is 0.866. The molecule has 0 saturated carbocycles. The maximum Gasteiger partial charge on any atom is 0.387 e. The molecule has 0 saturated heterocycles. The summed E-state index contributed by atoms with van der Waals surface area (Å²) in [7, 11) is 0. The van der Waals surface area contributed by atoms with Crippen molar-refractivity contribution < 1.29 is 18.3 Å². The molecule has 0 spiro atoms. The Morgan fingerprint density at radius 2 is 1.95 bits per heavy atom. The Hall–Kier alpha value is -1.69. The zero-order valence-corrected chi connectivity index (χ0v) is 11.2. The van der Waals surface area contributed by atoms with E-state index < -0.39 is 6.61 Å². The number of benzene rings is 1. The smallest absolute Gasteiger partial charge is 0.387 e.